The Bertz CT molecular complexity index is 675. The number of alkyl halides is 3. The van der Waals surface area contributed by atoms with Gasteiger partial charge in [-0.3, -0.25) is 9.78 Å². The van der Waals surface area contributed by atoms with Crippen LogP contribution in [-0.2, 0) is 23.8 Å². The van der Waals surface area contributed by atoms with Gasteiger partial charge in [-0.1, -0.05) is 18.2 Å². The number of rotatable bonds is 6. The summed E-state index contributed by atoms with van der Waals surface area (Å²) in [5, 5.41) is 12.0. The second-order valence-electron chi connectivity index (χ2n) is 5.38. The third kappa shape index (κ3) is 5.34. The zero-order valence-corrected chi connectivity index (χ0v) is 12.8. The van der Waals surface area contributed by atoms with E-state index in [4.69, 9.17) is 0 Å². The lowest BCUT2D eigenvalue weighted by atomic mass is 10.1. The lowest BCUT2D eigenvalue weighted by molar-refractivity contribution is -0.137. The number of aliphatic hydroxyl groups is 1. The molecular weight excluding hydrogens is 321 g/mol. The zero-order chi connectivity index (χ0) is 17.6. The average Bonchev–Trinajstić information content (AvgIpc) is 2.54. The number of aromatic nitrogens is 1. The van der Waals surface area contributed by atoms with Crippen molar-refractivity contribution in [3.05, 3.63) is 65.5 Å². The van der Waals surface area contributed by atoms with Gasteiger partial charge in [-0.15, -0.1) is 0 Å². The van der Waals surface area contributed by atoms with E-state index in [1.807, 2.05) is 0 Å². The van der Waals surface area contributed by atoms with Crippen LogP contribution in [0.4, 0.5) is 13.2 Å². The summed E-state index contributed by atoms with van der Waals surface area (Å²) in [5.41, 5.74) is 0.370. The monoisotopic (exact) mass is 338 g/mol. The molecule has 1 amide bonds. The van der Waals surface area contributed by atoms with Crippen LogP contribution in [0.1, 0.15) is 16.7 Å². The number of nitrogens with zero attached hydrogens (tertiary/aromatic N) is 1. The fourth-order valence-electron chi connectivity index (χ4n) is 2.29. The molecule has 2 rings (SSSR count). The molecule has 0 saturated carbocycles. The minimum atomic E-state index is -4.44. The molecule has 7 heteroatoms. The lowest BCUT2D eigenvalue weighted by Gasteiger charge is -2.16. The molecule has 1 atom stereocenters. The molecule has 0 radical (unpaired) electrons. The summed E-state index contributed by atoms with van der Waals surface area (Å²) in [7, 11) is 0. The van der Waals surface area contributed by atoms with E-state index in [0.29, 0.717) is 6.42 Å². The summed E-state index contributed by atoms with van der Waals surface area (Å²) in [5.74, 6) is -0.442. The third-order valence-electron chi connectivity index (χ3n) is 3.44. The van der Waals surface area contributed by atoms with Gasteiger partial charge in [0.05, 0.1) is 24.6 Å². The van der Waals surface area contributed by atoms with E-state index in [-0.39, 0.29) is 18.6 Å². The molecule has 1 aromatic carbocycles. The Labute approximate surface area is 137 Å². The molecule has 0 aliphatic heterocycles. The summed E-state index contributed by atoms with van der Waals surface area (Å²) in [6.07, 6.45) is -1.01. The van der Waals surface area contributed by atoms with Crippen LogP contribution in [0, 0.1) is 0 Å². The topological polar surface area (TPSA) is 62.2 Å². The number of carbonyl (C=O) groups excluding carboxylic acids is 1. The molecule has 2 N–H and O–H groups in total. The second kappa shape index (κ2) is 7.92. The van der Waals surface area contributed by atoms with Crippen molar-refractivity contribution in [2.75, 3.05) is 6.61 Å². The van der Waals surface area contributed by atoms with Crippen LogP contribution in [0.3, 0.4) is 0 Å². The molecule has 0 fully saturated rings. The molecule has 128 valence electrons. The molecule has 2 aromatic rings. The highest BCUT2D eigenvalue weighted by molar-refractivity contribution is 5.79. The van der Waals surface area contributed by atoms with E-state index >= 15 is 0 Å². The van der Waals surface area contributed by atoms with Crippen molar-refractivity contribution < 1.29 is 23.1 Å². The van der Waals surface area contributed by atoms with E-state index < -0.39 is 23.7 Å². The smallest absolute Gasteiger partial charge is 0.394 e. The Morgan fingerprint density at radius 1 is 1.17 bits per heavy atom. The van der Waals surface area contributed by atoms with Crippen molar-refractivity contribution in [3.8, 4) is 0 Å². The number of pyridine rings is 1. The number of hydrogen-bond acceptors (Lipinski definition) is 3. The van der Waals surface area contributed by atoms with E-state index in [1.54, 1.807) is 24.5 Å². The van der Waals surface area contributed by atoms with Crippen LogP contribution >= 0.6 is 0 Å². The molecule has 1 aromatic heterocycles. The van der Waals surface area contributed by atoms with Gasteiger partial charge in [-0.25, -0.2) is 0 Å². The van der Waals surface area contributed by atoms with Crippen LogP contribution < -0.4 is 5.32 Å². The van der Waals surface area contributed by atoms with Gasteiger partial charge in [0.25, 0.3) is 0 Å². The van der Waals surface area contributed by atoms with Crippen molar-refractivity contribution >= 4 is 5.91 Å². The Morgan fingerprint density at radius 3 is 2.50 bits per heavy atom. The summed E-state index contributed by atoms with van der Waals surface area (Å²) in [4.78, 5) is 15.9. The third-order valence-corrected chi connectivity index (χ3v) is 3.44. The van der Waals surface area contributed by atoms with Crippen LogP contribution in [0.15, 0.2) is 48.8 Å². The maximum atomic E-state index is 12.7. The van der Waals surface area contributed by atoms with Gasteiger partial charge in [0.15, 0.2) is 0 Å². The molecule has 0 saturated heterocycles. The van der Waals surface area contributed by atoms with Crippen LogP contribution in [-0.4, -0.2) is 28.6 Å². The SMILES string of the molecule is O=C(Cc1cccc(C(F)(F)F)c1)NC(CO)Cc1ccncc1. The van der Waals surface area contributed by atoms with Gasteiger partial charge in [0.2, 0.25) is 5.91 Å². The zero-order valence-electron chi connectivity index (χ0n) is 12.8. The van der Waals surface area contributed by atoms with E-state index in [2.05, 4.69) is 10.3 Å². The highest BCUT2D eigenvalue weighted by atomic mass is 19.4. The fraction of sp³-hybridized carbons (Fsp3) is 0.294. The average molecular weight is 338 g/mol. The Hall–Kier alpha value is -2.41. The molecule has 24 heavy (non-hydrogen) atoms. The predicted octanol–water partition coefficient (Wildman–Crippen LogP) is 2.36. The van der Waals surface area contributed by atoms with E-state index in [9.17, 15) is 23.1 Å². The van der Waals surface area contributed by atoms with Gasteiger partial charge in [-0.05, 0) is 35.7 Å². The largest absolute Gasteiger partial charge is 0.416 e. The fourth-order valence-corrected chi connectivity index (χ4v) is 2.29. The van der Waals surface area contributed by atoms with Crippen molar-refractivity contribution in [1.82, 2.24) is 10.3 Å². The minimum Gasteiger partial charge on any atom is -0.394 e. The lowest BCUT2D eigenvalue weighted by Crippen LogP contribution is -2.39. The molecular formula is C17H17F3N2O2. The Morgan fingerprint density at radius 2 is 1.88 bits per heavy atom. The number of halogens is 3. The van der Waals surface area contributed by atoms with Crippen LogP contribution in [0.5, 0.6) is 0 Å². The van der Waals surface area contributed by atoms with Crippen LogP contribution in [0.25, 0.3) is 0 Å². The molecule has 1 unspecified atom stereocenters. The molecule has 4 nitrogen and oxygen atoms in total. The Balaban J connectivity index is 1.96. The first kappa shape index (κ1) is 17.9. The molecule has 0 spiro atoms. The number of nitrogens with one attached hydrogen (secondary N) is 1. The minimum absolute atomic E-state index is 0.184. The van der Waals surface area contributed by atoms with E-state index in [0.717, 1.165) is 17.7 Å². The van der Waals surface area contributed by atoms with Gasteiger partial charge < -0.3 is 10.4 Å². The molecule has 1 heterocycles. The maximum absolute atomic E-state index is 12.7. The van der Waals surface area contributed by atoms with Crippen LogP contribution in [0.2, 0.25) is 0 Å². The normalized spacial score (nSPS) is 12.7. The standard InChI is InChI=1S/C17H17F3N2O2/c18-17(19,20)14-3-1-2-13(8-14)10-16(24)22-15(11-23)9-12-4-6-21-7-5-12/h1-8,15,23H,9-11H2,(H,22,24). The first-order valence-corrected chi connectivity index (χ1v) is 7.33. The van der Waals surface area contributed by atoms with Crippen molar-refractivity contribution in [2.24, 2.45) is 0 Å². The number of hydrogen-bond donors (Lipinski definition) is 2. The number of carbonyl (C=O) groups is 1. The number of amides is 1. The first-order chi connectivity index (χ1) is 11.4. The van der Waals surface area contributed by atoms with Gasteiger partial charge in [0, 0.05) is 12.4 Å². The summed E-state index contributed by atoms with van der Waals surface area (Å²) >= 11 is 0. The quantitative estimate of drug-likeness (QED) is 0.850. The van der Waals surface area contributed by atoms with Crippen molar-refractivity contribution in [2.45, 2.75) is 25.1 Å². The van der Waals surface area contributed by atoms with E-state index in [1.165, 1.54) is 12.1 Å². The number of aliphatic hydroxyl groups excluding tert-OH is 1. The molecule has 0 aliphatic carbocycles. The summed E-state index contributed by atoms with van der Waals surface area (Å²) in [6.45, 7) is -0.267. The highest BCUT2D eigenvalue weighted by Crippen LogP contribution is 2.29. The number of benzene rings is 1. The highest BCUT2D eigenvalue weighted by Gasteiger charge is 2.30. The maximum Gasteiger partial charge on any atom is 0.416 e. The predicted molar refractivity (Wildman–Crippen MR) is 82.1 cm³/mol. The second-order valence-corrected chi connectivity index (χ2v) is 5.38. The first-order valence-electron chi connectivity index (χ1n) is 7.33. The van der Waals surface area contributed by atoms with Crippen molar-refractivity contribution in [1.29, 1.82) is 0 Å². The van der Waals surface area contributed by atoms with Gasteiger partial charge >= 0.3 is 6.18 Å². The van der Waals surface area contributed by atoms with Crippen molar-refractivity contribution in [3.63, 3.8) is 0 Å². The Kier molecular flexibility index (Phi) is 5.92. The van der Waals surface area contributed by atoms with Gasteiger partial charge in [0.1, 0.15) is 0 Å². The molecule has 0 aliphatic rings. The summed E-state index contributed by atoms with van der Waals surface area (Å²) in [6, 6.07) is 7.67. The van der Waals surface area contributed by atoms with Gasteiger partial charge in [-0.2, -0.15) is 13.2 Å². The summed E-state index contributed by atoms with van der Waals surface area (Å²) < 4.78 is 38.0. The molecule has 0 bridgehead atoms.